The van der Waals surface area contributed by atoms with Gasteiger partial charge >= 0.3 is 0 Å². The molecule has 0 radical (unpaired) electrons. The fourth-order valence-electron chi connectivity index (χ4n) is 2.71. The molecular weight excluding hydrogens is 290 g/mol. The Kier molecular flexibility index (Phi) is 5.21. The van der Waals surface area contributed by atoms with Crippen LogP contribution in [0.5, 0.6) is 5.75 Å². The number of hydrogen-bond acceptors (Lipinski definition) is 5. The topological polar surface area (TPSA) is 98.6 Å². The van der Waals surface area contributed by atoms with Crippen molar-refractivity contribution in [3.63, 3.8) is 0 Å². The van der Waals surface area contributed by atoms with Crippen LogP contribution in [0.25, 0.3) is 0 Å². The van der Waals surface area contributed by atoms with Crippen molar-refractivity contribution in [3.05, 3.63) is 24.3 Å². The first-order chi connectivity index (χ1) is 9.90. The standard InChI is InChI=1S/C14H23N3O3S/c1-11-8-12(9-15)10-17(11)6-7-20-13-2-4-14(5-3-13)21(16,18)19/h2-5,11-12H,6-10,15H2,1H3,(H2,16,18,19). The lowest BCUT2D eigenvalue weighted by Crippen LogP contribution is -2.32. The summed E-state index contributed by atoms with van der Waals surface area (Å²) in [6.07, 6.45) is 1.14. The van der Waals surface area contributed by atoms with Gasteiger partial charge in [-0.3, -0.25) is 4.90 Å². The molecule has 2 atom stereocenters. The molecular formula is C14H23N3O3S. The maximum Gasteiger partial charge on any atom is 0.238 e. The highest BCUT2D eigenvalue weighted by Crippen LogP contribution is 2.21. The van der Waals surface area contributed by atoms with Gasteiger partial charge in [-0.2, -0.15) is 0 Å². The molecule has 1 aromatic rings. The number of primary sulfonamides is 1. The largest absolute Gasteiger partial charge is 0.492 e. The Hall–Kier alpha value is -1.15. The van der Waals surface area contributed by atoms with Crippen molar-refractivity contribution < 1.29 is 13.2 Å². The lowest BCUT2D eigenvalue weighted by Gasteiger charge is -2.21. The van der Waals surface area contributed by atoms with Crippen molar-refractivity contribution in [1.29, 1.82) is 0 Å². The van der Waals surface area contributed by atoms with Gasteiger partial charge in [-0.15, -0.1) is 0 Å². The van der Waals surface area contributed by atoms with Crippen LogP contribution in [-0.2, 0) is 10.0 Å². The Morgan fingerprint density at radius 3 is 2.52 bits per heavy atom. The van der Waals surface area contributed by atoms with Crippen molar-refractivity contribution in [2.24, 2.45) is 16.8 Å². The summed E-state index contributed by atoms with van der Waals surface area (Å²) >= 11 is 0. The van der Waals surface area contributed by atoms with E-state index in [1.807, 2.05) is 0 Å². The van der Waals surface area contributed by atoms with E-state index in [1.165, 1.54) is 12.1 Å². The molecule has 7 heteroatoms. The molecule has 4 N–H and O–H groups in total. The van der Waals surface area contributed by atoms with E-state index in [0.29, 0.717) is 24.3 Å². The summed E-state index contributed by atoms with van der Waals surface area (Å²) < 4.78 is 27.9. The molecule has 1 aliphatic heterocycles. The van der Waals surface area contributed by atoms with Crippen molar-refractivity contribution in [2.45, 2.75) is 24.3 Å². The first-order valence-corrected chi connectivity index (χ1v) is 8.64. The van der Waals surface area contributed by atoms with Crippen molar-refractivity contribution in [1.82, 2.24) is 4.90 Å². The van der Waals surface area contributed by atoms with E-state index in [2.05, 4.69) is 11.8 Å². The van der Waals surface area contributed by atoms with E-state index in [0.717, 1.165) is 26.1 Å². The summed E-state index contributed by atoms with van der Waals surface area (Å²) in [4.78, 5) is 2.46. The smallest absolute Gasteiger partial charge is 0.238 e. The normalized spacial score (nSPS) is 23.4. The van der Waals surface area contributed by atoms with Crippen LogP contribution in [0.4, 0.5) is 0 Å². The molecule has 0 amide bonds. The lowest BCUT2D eigenvalue weighted by molar-refractivity contribution is 0.202. The van der Waals surface area contributed by atoms with Gasteiger partial charge in [-0.25, -0.2) is 13.6 Å². The van der Waals surface area contributed by atoms with Crippen molar-refractivity contribution in [2.75, 3.05) is 26.2 Å². The molecule has 0 spiro atoms. The van der Waals surface area contributed by atoms with Gasteiger partial charge in [-0.1, -0.05) is 0 Å². The van der Waals surface area contributed by atoms with Crippen LogP contribution in [-0.4, -0.2) is 45.6 Å². The molecule has 1 aliphatic rings. The molecule has 0 aromatic heterocycles. The number of likely N-dealkylation sites (tertiary alicyclic amines) is 1. The van der Waals surface area contributed by atoms with Gasteiger partial charge in [0.15, 0.2) is 0 Å². The van der Waals surface area contributed by atoms with E-state index < -0.39 is 10.0 Å². The Balaban J connectivity index is 1.81. The highest BCUT2D eigenvalue weighted by Gasteiger charge is 2.27. The monoisotopic (exact) mass is 313 g/mol. The summed E-state index contributed by atoms with van der Waals surface area (Å²) in [6, 6.07) is 6.68. The number of ether oxygens (including phenoxy) is 1. The number of benzene rings is 1. The molecule has 0 saturated carbocycles. The zero-order chi connectivity index (χ0) is 15.5. The van der Waals surface area contributed by atoms with Gasteiger partial charge in [0.25, 0.3) is 0 Å². The zero-order valence-electron chi connectivity index (χ0n) is 12.2. The molecule has 1 saturated heterocycles. The van der Waals surface area contributed by atoms with Gasteiger partial charge < -0.3 is 10.5 Å². The second-order valence-electron chi connectivity index (χ2n) is 5.55. The van der Waals surface area contributed by atoms with Crippen molar-refractivity contribution in [3.8, 4) is 5.75 Å². The van der Waals surface area contributed by atoms with Gasteiger partial charge in [0, 0.05) is 19.1 Å². The number of hydrogen-bond donors (Lipinski definition) is 2. The summed E-state index contributed by atoms with van der Waals surface area (Å²) in [5, 5.41) is 5.05. The molecule has 118 valence electrons. The van der Waals surface area contributed by atoms with Crippen molar-refractivity contribution >= 4 is 10.0 Å². The maximum absolute atomic E-state index is 11.1. The van der Waals surface area contributed by atoms with Crippen LogP contribution < -0.4 is 15.6 Å². The Morgan fingerprint density at radius 2 is 2.00 bits per heavy atom. The van der Waals surface area contributed by atoms with Crippen LogP contribution in [0.2, 0.25) is 0 Å². The number of sulfonamides is 1. The molecule has 21 heavy (non-hydrogen) atoms. The summed E-state index contributed by atoms with van der Waals surface area (Å²) in [6.45, 7) is 5.36. The second-order valence-corrected chi connectivity index (χ2v) is 7.11. The quantitative estimate of drug-likeness (QED) is 0.791. The number of nitrogens with zero attached hydrogens (tertiary/aromatic N) is 1. The van der Waals surface area contributed by atoms with E-state index >= 15 is 0 Å². The van der Waals surface area contributed by atoms with Crippen LogP contribution in [0.15, 0.2) is 29.2 Å². The predicted molar refractivity (Wildman–Crippen MR) is 81.5 cm³/mol. The van der Waals surface area contributed by atoms with E-state index in [4.69, 9.17) is 15.6 Å². The summed E-state index contributed by atoms with van der Waals surface area (Å²) in [5.41, 5.74) is 5.71. The Bertz CT molecular complexity index is 559. The maximum atomic E-state index is 11.1. The lowest BCUT2D eigenvalue weighted by atomic mass is 10.1. The van der Waals surface area contributed by atoms with Crippen LogP contribution in [0.3, 0.4) is 0 Å². The van der Waals surface area contributed by atoms with Gasteiger partial charge in [0.2, 0.25) is 10.0 Å². The molecule has 1 aromatic carbocycles. The van der Waals surface area contributed by atoms with Crippen LogP contribution in [0.1, 0.15) is 13.3 Å². The van der Waals surface area contributed by atoms with Crippen LogP contribution in [0, 0.1) is 5.92 Å². The average Bonchev–Trinajstić information content (AvgIpc) is 2.79. The zero-order valence-corrected chi connectivity index (χ0v) is 13.1. The molecule has 2 rings (SSSR count). The highest BCUT2D eigenvalue weighted by atomic mass is 32.2. The van der Waals surface area contributed by atoms with E-state index in [-0.39, 0.29) is 4.90 Å². The first kappa shape index (κ1) is 16.2. The third-order valence-electron chi connectivity index (χ3n) is 3.92. The SMILES string of the molecule is CC1CC(CN)CN1CCOc1ccc(S(N)(=O)=O)cc1. The minimum atomic E-state index is -3.65. The Morgan fingerprint density at radius 1 is 1.33 bits per heavy atom. The number of nitrogens with two attached hydrogens (primary N) is 2. The predicted octanol–water partition coefficient (Wildman–Crippen LogP) is 0.382. The fourth-order valence-corrected chi connectivity index (χ4v) is 3.22. The van der Waals surface area contributed by atoms with E-state index in [1.54, 1.807) is 12.1 Å². The summed E-state index contributed by atoms with van der Waals surface area (Å²) in [7, 11) is -3.65. The summed E-state index contributed by atoms with van der Waals surface area (Å²) in [5.74, 6) is 1.22. The van der Waals surface area contributed by atoms with E-state index in [9.17, 15) is 8.42 Å². The molecule has 0 aliphatic carbocycles. The highest BCUT2D eigenvalue weighted by molar-refractivity contribution is 7.89. The average molecular weight is 313 g/mol. The molecule has 2 unspecified atom stereocenters. The third kappa shape index (κ3) is 4.41. The van der Waals surface area contributed by atoms with Gasteiger partial charge in [0.1, 0.15) is 12.4 Å². The molecule has 6 nitrogen and oxygen atoms in total. The molecule has 1 fully saturated rings. The van der Waals surface area contributed by atoms with Gasteiger partial charge in [0.05, 0.1) is 4.90 Å². The third-order valence-corrected chi connectivity index (χ3v) is 4.85. The minimum absolute atomic E-state index is 0.0915. The van der Waals surface area contributed by atoms with Gasteiger partial charge in [-0.05, 0) is 50.1 Å². The molecule has 0 bridgehead atoms. The van der Waals surface area contributed by atoms with Crippen LogP contribution >= 0.6 is 0 Å². The fraction of sp³-hybridized carbons (Fsp3) is 0.571. The first-order valence-electron chi connectivity index (χ1n) is 7.10. The second kappa shape index (κ2) is 6.74. The molecule has 1 heterocycles. The number of rotatable bonds is 6. The minimum Gasteiger partial charge on any atom is -0.492 e. The Labute approximate surface area is 126 Å².